The van der Waals surface area contributed by atoms with Gasteiger partial charge in [0.1, 0.15) is 5.15 Å². The molecular weight excluding hydrogens is 236 g/mol. The van der Waals surface area contributed by atoms with Crippen LogP contribution in [0.15, 0.2) is 18.5 Å². The van der Waals surface area contributed by atoms with Crippen molar-refractivity contribution in [3.8, 4) is 0 Å². The van der Waals surface area contributed by atoms with Crippen LogP contribution in [0.25, 0.3) is 0 Å². The summed E-state index contributed by atoms with van der Waals surface area (Å²) in [6.45, 7) is 4.73. The molecule has 5 heteroatoms. The normalized spacial score (nSPS) is 10.6. The summed E-state index contributed by atoms with van der Waals surface area (Å²) in [6.07, 6.45) is 3.61. The Morgan fingerprint density at radius 1 is 1.35 bits per heavy atom. The Morgan fingerprint density at radius 2 is 2.12 bits per heavy atom. The first-order valence-electron chi connectivity index (χ1n) is 5.41. The van der Waals surface area contributed by atoms with Gasteiger partial charge in [0.25, 0.3) is 0 Å². The number of hydrogen-bond donors (Lipinski definition) is 1. The van der Waals surface area contributed by atoms with Crippen molar-refractivity contribution in [1.29, 1.82) is 0 Å². The highest BCUT2D eigenvalue weighted by molar-refractivity contribution is 6.30. The van der Waals surface area contributed by atoms with Gasteiger partial charge in [-0.25, -0.2) is 4.98 Å². The van der Waals surface area contributed by atoms with Crippen LogP contribution in [0.4, 0.5) is 5.69 Å². The predicted molar refractivity (Wildman–Crippen MR) is 69.3 cm³/mol. The molecule has 0 bridgehead atoms. The quantitative estimate of drug-likeness (QED) is 0.852. The molecule has 0 fully saturated rings. The molecular formula is C12H15ClN4. The summed E-state index contributed by atoms with van der Waals surface area (Å²) in [5.74, 6) is 0. The fourth-order valence-corrected chi connectivity index (χ4v) is 1.67. The summed E-state index contributed by atoms with van der Waals surface area (Å²) in [6, 6.07) is 1.99. The van der Waals surface area contributed by atoms with Crippen LogP contribution in [-0.2, 0) is 13.6 Å². The lowest BCUT2D eigenvalue weighted by molar-refractivity contribution is 0.738. The van der Waals surface area contributed by atoms with E-state index < -0.39 is 0 Å². The smallest absolute Gasteiger partial charge is 0.132 e. The second-order valence-corrected chi connectivity index (χ2v) is 4.42. The third-order valence-corrected chi connectivity index (χ3v) is 3.23. The molecule has 0 aromatic carbocycles. The number of hydrogen-bond acceptors (Lipinski definition) is 3. The van der Waals surface area contributed by atoms with Crippen molar-refractivity contribution in [3.63, 3.8) is 0 Å². The maximum absolute atomic E-state index is 5.87. The number of rotatable bonds is 3. The molecule has 2 aromatic rings. The number of nitrogens with one attached hydrogen (secondary N) is 1. The summed E-state index contributed by atoms with van der Waals surface area (Å²) in [5, 5.41) is 8.06. The van der Waals surface area contributed by atoms with E-state index in [0.29, 0.717) is 5.15 Å². The van der Waals surface area contributed by atoms with Gasteiger partial charge in [-0.2, -0.15) is 5.10 Å². The average molecular weight is 251 g/mol. The van der Waals surface area contributed by atoms with Gasteiger partial charge in [0.2, 0.25) is 0 Å². The van der Waals surface area contributed by atoms with Gasteiger partial charge in [-0.1, -0.05) is 11.6 Å². The molecule has 2 aromatic heterocycles. The molecule has 0 unspecified atom stereocenters. The zero-order chi connectivity index (χ0) is 12.4. The van der Waals surface area contributed by atoms with Crippen molar-refractivity contribution in [2.75, 3.05) is 5.32 Å². The molecule has 0 aliphatic carbocycles. The number of aromatic nitrogens is 3. The third-order valence-electron chi connectivity index (χ3n) is 2.83. The van der Waals surface area contributed by atoms with E-state index >= 15 is 0 Å². The van der Waals surface area contributed by atoms with Crippen LogP contribution in [0.3, 0.4) is 0 Å². The molecule has 2 rings (SSSR count). The number of halogens is 1. The predicted octanol–water partition coefficient (Wildman–Crippen LogP) is 2.70. The van der Waals surface area contributed by atoms with Gasteiger partial charge in [-0.15, -0.1) is 0 Å². The minimum atomic E-state index is 0.549. The Labute approximate surface area is 106 Å². The van der Waals surface area contributed by atoms with Gasteiger partial charge >= 0.3 is 0 Å². The molecule has 0 saturated heterocycles. The van der Waals surface area contributed by atoms with E-state index in [-0.39, 0.29) is 0 Å². The van der Waals surface area contributed by atoms with Crippen molar-refractivity contribution in [2.45, 2.75) is 20.4 Å². The van der Waals surface area contributed by atoms with Crippen LogP contribution in [0.2, 0.25) is 5.15 Å². The molecule has 0 amide bonds. The molecule has 0 atom stereocenters. The van der Waals surface area contributed by atoms with E-state index in [4.69, 9.17) is 11.6 Å². The Hall–Kier alpha value is -1.55. The third kappa shape index (κ3) is 2.58. The van der Waals surface area contributed by atoms with E-state index in [1.807, 2.05) is 30.9 Å². The van der Waals surface area contributed by atoms with Crippen LogP contribution >= 0.6 is 11.6 Å². The Balaban J connectivity index is 2.07. The molecule has 4 nitrogen and oxygen atoms in total. The van der Waals surface area contributed by atoms with Crippen molar-refractivity contribution in [1.82, 2.24) is 14.8 Å². The summed E-state index contributed by atoms with van der Waals surface area (Å²) >= 11 is 5.87. The largest absolute Gasteiger partial charge is 0.380 e. The van der Waals surface area contributed by atoms with Gasteiger partial charge < -0.3 is 5.32 Å². The van der Waals surface area contributed by atoms with Crippen LogP contribution < -0.4 is 5.32 Å². The van der Waals surface area contributed by atoms with Gasteiger partial charge in [-0.05, 0) is 25.5 Å². The molecule has 90 valence electrons. The number of nitrogens with zero attached hydrogens (tertiary/aromatic N) is 3. The van der Waals surface area contributed by atoms with Crippen molar-refractivity contribution in [3.05, 3.63) is 40.4 Å². The number of anilines is 1. The molecule has 0 spiro atoms. The van der Waals surface area contributed by atoms with Crippen molar-refractivity contribution < 1.29 is 0 Å². The maximum Gasteiger partial charge on any atom is 0.132 e. The van der Waals surface area contributed by atoms with Gasteiger partial charge in [0.05, 0.1) is 18.1 Å². The minimum Gasteiger partial charge on any atom is -0.380 e. The lowest BCUT2D eigenvalue weighted by atomic mass is 10.2. The first kappa shape index (κ1) is 11.9. The topological polar surface area (TPSA) is 42.7 Å². The monoisotopic (exact) mass is 250 g/mol. The Kier molecular flexibility index (Phi) is 3.33. The lowest BCUT2D eigenvalue weighted by Crippen LogP contribution is -2.02. The fraction of sp³-hybridized carbons (Fsp3) is 0.333. The Bertz CT molecular complexity index is 533. The SMILES string of the molecule is Cc1cc(NCc2cnn(C)c2C)cnc1Cl. The van der Waals surface area contributed by atoms with Crippen LogP contribution in [0.5, 0.6) is 0 Å². The second kappa shape index (κ2) is 4.75. The summed E-state index contributed by atoms with van der Waals surface area (Å²) in [5.41, 5.74) is 4.28. The highest BCUT2D eigenvalue weighted by Crippen LogP contribution is 2.17. The minimum absolute atomic E-state index is 0.549. The van der Waals surface area contributed by atoms with Crippen LogP contribution in [0.1, 0.15) is 16.8 Å². The highest BCUT2D eigenvalue weighted by Gasteiger charge is 2.04. The standard InChI is InChI=1S/C12H15ClN4/c1-8-4-11(7-15-12(8)13)14-5-10-6-16-17(3)9(10)2/h4,6-7,14H,5H2,1-3H3. The zero-order valence-corrected chi connectivity index (χ0v) is 10.9. The number of pyridine rings is 1. The van der Waals surface area contributed by atoms with Crippen LogP contribution in [0, 0.1) is 13.8 Å². The van der Waals surface area contributed by atoms with Crippen molar-refractivity contribution >= 4 is 17.3 Å². The van der Waals surface area contributed by atoms with E-state index in [1.54, 1.807) is 6.20 Å². The average Bonchev–Trinajstić information content (AvgIpc) is 2.62. The molecule has 1 N–H and O–H groups in total. The summed E-state index contributed by atoms with van der Waals surface area (Å²) in [7, 11) is 1.94. The maximum atomic E-state index is 5.87. The lowest BCUT2D eigenvalue weighted by Gasteiger charge is -2.07. The molecule has 0 aliphatic heterocycles. The van der Waals surface area contributed by atoms with E-state index in [2.05, 4.69) is 22.3 Å². The van der Waals surface area contributed by atoms with Gasteiger partial charge in [0, 0.05) is 24.8 Å². The molecule has 0 saturated carbocycles. The van der Waals surface area contributed by atoms with Gasteiger partial charge in [-0.3, -0.25) is 4.68 Å². The zero-order valence-electron chi connectivity index (χ0n) is 10.2. The van der Waals surface area contributed by atoms with Crippen LogP contribution in [-0.4, -0.2) is 14.8 Å². The second-order valence-electron chi connectivity index (χ2n) is 4.06. The fourth-order valence-electron chi connectivity index (χ4n) is 1.57. The molecule has 17 heavy (non-hydrogen) atoms. The number of aryl methyl sites for hydroxylation is 2. The molecule has 0 radical (unpaired) electrons. The summed E-state index contributed by atoms with van der Waals surface area (Å²) < 4.78 is 1.86. The highest BCUT2D eigenvalue weighted by atomic mass is 35.5. The van der Waals surface area contributed by atoms with Gasteiger partial charge in [0.15, 0.2) is 0 Å². The Morgan fingerprint density at radius 3 is 2.71 bits per heavy atom. The van der Waals surface area contributed by atoms with E-state index in [1.165, 1.54) is 5.56 Å². The summed E-state index contributed by atoms with van der Waals surface area (Å²) in [4.78, 5) is 4.10. The van der Waals surface area contributed by atoms with Crippen molar-refractivity contribution in [2.24, 2.45) is 7.05 Å². The van der Waals surface area contributed by atoms with E-state index in [0.717, 1.165) is 23.5 Å². The molecule has 2 heterocycles. The molecule has 0 aliphatic rings. The first-order chi connectivity index (χ1) is 8.08. The van der Waals surface area contributed by atoms with E-state index in [9.17, 15) is 0 Å². The first-order valence-corrected chi connectivity index (χ1v) is 5.79.